The van der Waals surface area contributed by atoms with Crippen LogP contribution in [-0.2, 0) is 6.42 Å². The summed E-state index contributed by atoms with van der Waals surface area (Å²) in [7, 11) is 0. The van der Waals surface area contributed by atoms with Crippen LogP contribution in [0.15, 0.2) is 35.1 Å². The second-order valence-corrected chi connectivity index (χ2v) is 3.77. The fourth-order valence-electron chi connectivity index (χ4n) is 1.82. The molecule has 2 aromatic rings. The molecule has 2 rings (SSSR count). The van der Waals surface area contributed by atoms with Crippen LogP contribution < -0.4 is 5.69 Å². The summed E-state index contributed by atoms with van der Waals surface area (Å²) in [5.74, 6) is -1.09. The molecule has 0 fully saturated rings. The maximum atomic E-state index is 11.5. The Balaban J connectivity index is 2.77. The number of carbonyl (C=O) groups is 1. The van der Waals surface area contributed by atoms with E-state index in [0.29, 0.717) is 17.7 Å². The molecule has 0 amide bonds. The summed E-state index contributed by atoms with van der Waals surface area (Å²) in [5.41, 5.74) is 0.750. The van der Waals surface area contributed by atoms with Crippen LogP contribution in [0.4, 0.5) is 0 Å². The number of aromatic amines is 1. The minimum absolute atomic E-state index is 0.0586. The largest absolute Gasteiger partial charge is 0.478 e. The number of aromatic carboxylic acids is 1. The highest BCUT2D eigenvalue weighted by atomic mass is 16.4. The molecule has 0 radical (unpaired) electrons. The zero-order valence-corrected chi connectivity index (χ0v) is 9.80. The summed E-state index contributed by atoms with van der Waals surface area (Å²) in [6.07, 6.45) is 0.430. The van der Waals surface area contributed by atoms with Gasteiger partial charge in [-0.3, -0.25) is 0 Å². The number of carboxylic acids is 1. The van der Waals surface area contributed by atoms with Crippen molar-refractivity contribution in [2.75, 3.05) is 0 Å². The average molecular weight is 244 g/mol. The van der Waals surface area contributed by atoms with Crippen molar-refractivity contribution in [1.29, 1.82) is 0 Å². The van der Waals surface area contributed by atoms with Crippen molar-refractivity contribution in [1.82, 2.24) is 9.97 Å². The molecule has 5 heteroatoms. The Hall–Kier alpha value is -2.43. The molecule has 0 aliphatic rings. The highest BCUT2D eigenvalue weighted by Crippen LogP contribution is 2.21. The van der Waals surface area contributed by atoms with Gasteiger partial charge in [0.15, 0.2) is 0 Å². The van der Waals surface area contributed by atoms with Crippen molar-refractivity contribution in [3.05, 3.63) is 52.1 Å². The van der Waals surface area contributed by atoms with Crippen LogP contribution in [0, 0.1) is 0 Å². The van der Waals surface area contributed by atoms with E-state index >= 15 is 0 Å². The SMILES string of the molecule is CCc1[nH]c(=O)nc(-c2ccccc2)c1C(=O)O. The van der Waals surface area contributed by atoms with Gasteiger partial charge in [-0.1, -0.05) is 37.3 Å². The van der Waals surface area contributed by atoms with Crippen molar-refractivity contribution < 1.29 is 9.90 Å². The average Bonchev–Trinajstić information content (AvgIpc) is 2.38. The predicted molar refractivity (Wildman–Crippen MR) is 66.6 cm³/mol. The first kappa shape index (κ1) is 12.0. The third-order valence-electron chi connectivity index (χ3n) is 2.62. The lowest BCUT2D eigenvalue weighted by Crippen LogP contribution is -2.19. The van der Waals surface area contributed by atoms with Crippen molar-refractivity contribution in [2.24, 2.45) is 0 Å². The number of nitrogens with one attached hydrogen (secondary N) is 1. The van der Waals surface area contributed by atoms with Crippen molar-refractivity contribution >= 4 is 5.97 Å². The van der Waals surface area contributed by atoms with Crippen LogP contribution >= 0.6 is 0 Å². The normalized spacial score (nSPS) is 10.3. The minimum Gasteiger partial charge on any atom is -0.478 e. The Kier molecular flexibility index (Phi) is 3.23. The van der Waals surface area contributed by atoms with Crippen LogP contribution in [0.2, 0.25) is 0 Å². The number of carboxylic acid groups (broad SMARTS) is 1. The smallest absolute Gasteiger partial charge is 0.345 e. The number of aromatic nitrogens is 2. The van der Waals surface area contributed by atoms with E-state index in [2.05, 4.69) is 9.97 Å². The third-order valence-corrected chi connectivity index (χ3v) is 2.62. The Bertz CT molecular complexity index is 632. The molecule has 1 aromatic carbocycles. The van der Waals surface area contributed by atoms with Gasteiger partial charge >= 0.3 is 11.7 Å². The summed E-state index contributed by atoms with van der Waals surface area (Å²) < 4.78 is 0. The number of hydrogen-bond acceptors (Lipinski definition) is 3. The fourth-order valence-corrected chi connectivity index (χ4v) is 1.82. The number of hydrogen-bond donors (Lipinski definition) is 2. The van der Waals surface area contributed by atoms with Gasteiger partial charge in [0.05, 0.1) is 5.69 Å². The number of aryl methyl sites for hydroxylation is 1. The van der Waals surface area contributed by atoms with Gasteiger partial charge in [0.2, 0.25) is 0 Å². The maximum Gasteiger partial charge on any atom is 0.345 e. The van der Waals surface area contributed by atoms with Crippen molar-refractivity contribution in [3.63, 3.8) is 0 Å². The Morgan fingerprint density at radius 2 is 2.00 bits per heavy atom. The van der Waals surface area contributed by atoms with Gasteiger partial charge < -0.3 is 10.1 Å². The van der Waals surface area contributed by atoms with Crippen LogP contribution in [0.25, 0.3) is 11.3 Å². The zero-order valence-electron chi connectivity index (χ0n) is 9.80. The van der Waals surface area contributed by atoms with Gasteiger partial charge in [-0.05, 0) is 6.42 Å². The molecule has 0 spiro atoms. The summed E-state index contributed by atoms with van der Waals surface area (Å²) >= 11 is 0. The first-order valence-electron chi connectivity index (χ1n) is 5.55. The van der Waals surface area contributed by atoms with Gasteiger partial charge in [0.25, 0.3) is 0 Å². The molecule has 92 valence electrons. The van der Waals surface area contributed by atoms with Crippen molar-refractivity contribution in [2.45, 2.75) is 13.3 Å². The molecule has 1 heterocycles. The molecular weight excluding hydrogens is 232 g/mol. The van der Waals surface area contributed by atoms with Crippen LogP contribution in [-0.4, -0.2) is 21.0 Å². The lowest BCUT2D eigenvalue weighted by molar-refractivity contribution is 0.0695. The number of rotatable bonds is 3. The lowest BCUT2D eigenvalue weighted by Gasteiger charge is -2.08. The highest BCUT2D eigenvalue weighted by molar-refractivity contribution is 5.95. The molecule has 0 saturated heterocycles. The minimum atomic E-state index is -1.09. The van der Waals surface area contributed by atoms with E-state index in [1.165, 1.54) is 0 Å². The number of nitrogens with zero attached hydrogens (tertiary/aromatic N) is 1. The van der Waals surface area contributed by atoms with E-state index in [-0.39, 0.29) is 11.3 Å². The Morgan fingerprint density at radius 3 is 2.56 bits per heavy atom. The van der Waals surface area contributed by atoms with E-state index in [9.17, 15) is 14.7 Å². The van der Waals surface area contributed by atoms with Gasteiger partial charge in [-0.25, -0.2) is 9.59 Å². The Labute approximate surface area is 103 Å². The molecule has 18 heavy (non-hydrogen) atoms. The van der Waals surface area contributed by atoms with Crippen LogP contribution in [0.5, 0.6) is 0 Å². The molecule has 0 aliphatic heterocycles. The van der Waals surface area contributed by atoms with Gasteiger partial charge in [-0.2, -0.15) is 4.98 Å². The quantitative estimate of drug-likeness (QED) is 0.860. The number of benzene rings is 1. The monoisotopic (exact) mass is 244 g/mol. The van der Waals surface area contributed by atoms with E-state index in [1.54, 1.807) is 31.2 Å². The summed E-state index contributed by atoms with van der Waals surface area (Å²) in [6.45, 7) is 1.78. The topological polar surface area (TPSA) is 83.0 Å². The summed E-state index contributed by atoms with van der Waals surface area (Å²) in [4.78, 5) is 29.0. The van der Waals surface area contributed by atoms with Gasteiger partial charge in [0.1, 0.15) is 5.56 Å². The fraction of sp³-hybridized carbons (Fsp3) is 0.154. The first-order chi connectivity index (χ1) is 8.63. The second-order valence-electron chi connectivity index (χ2n) is 3.77. The van der Waals surface area contributed by atoms with E-state index in [4.69, 9.17) is 0 Å². The standard InChI is InChI=1S/C13H12N2O3/c1-2-9-10(12(16)17)11(15-13(18)14-9)8-6-4-3-5-7-8/h3-7H,2H2,1H3,(H,16,17)(H,14,15,18). The first-order valence-corrected chi connectivity index (χ1v) is 5.55. The van der Waals surface area contributed by atoms with Crippen molar-refractivity contribution in [3.8, 4) is 11.3 Å². The lowest BCUT2D eigenvalue weighted by atomic mass is 10.0. The zero-order chi connectivity index (χ0) is 13.1. The molecule has 0 unspecified atom stereocenters. The molecule has 5 nitrogen and oxygen atoms in total. The van der Waals surface area contributed by atoms with Gasteiger partial charge in [-0.15, -0.1) is 0 Å². The molecular formula is C13H12N2O3. The molecule has 0 saturated carbocycles. The molecule has 0 bridgehead atoms. The Morgan fingerprint density at radius 1 is 1.33 bits per heavy atom. The van der Waals surface area contributed by atoms with E-state index in [0.717, 1.165) is 0 Å². The molecule has 0 atom stereocenters. The predicted octanol–water partition coefficient (Wildman–Crippen LogP) is 1.70. The highest BCUT2D eigenvalue weighted by Gasteiger charge is 2.18. The molecule has 0 aliphatic carbocycles. The van der Waals surface area contributed by atoms with E-state index < -0.39 is 11.7 Å². The van der Waals surface area contributed by atoms with Gasteiger partial charge in [0, 0.05) is 11.3 Å². The maximum absolute atomic E-state index is 11.5. The number of H-pyrrole nitrogens is 1. The van der Waals surface area contributed by atoms with Crippen LogP contribution in [0.3, 0.4) is 0 Å². The summed E-state index contributed by atoms with van der Waals surface area (Å²) in [5, 5.41) is 9.27. The molecule has 2 N–H and O–H groups in total. The van der Waals surface area contributed by atoms with E-state index in [1.807, 2.05) is 6.07 Å². The third kappa shape index (κ3) is 2.15. The summed E-state index contributed by atoms with van der Waals surface area (Å²) in [6, 6.07) is 8.82. The van der Waals surface area contributed by atoms with Crippen LogP contribution in [0.1, 0.15) is 23.0 Å². The second kappa shape index (κ2) is 4.83. The molecule has 1 aromatic heterocycles.